The molecule has 0 spiro atoms. The van der Waals surface area contributed by atoms with Gasteiger partial charge in [0, 0.05) is 18.4 Å². The number of rotatable bonds is 3. The Labute approximate surface area is 172 Å². The number of ketones is 1. The average Bonchev–Trinajstić information content (AvgIpc) is 2.55. The monoisotopic (exact) mass is 395 g/mol. The molecule has 1 aromatic carbocycles. The van der Waals surface area contributed by atoms with E-state index in [-0.39, 0.29) is 5.78 Å². The number of carbonyl (C=O) groups is 2. The van der Waals surface area contributed by atoms with Gasteiger partial charge in [-0.1, -0.05) is 48.5 Å². The summed E-state index contributed by atoms with van der Waals surface area (Å²) in [6.07, 6.45) is 0.124. The summed E-state index contributed by atoms with van der Waals surface area (Å²) in [7, 11) is 0. The van der Waals surface area contributed by atoms with Gasteiger partial charge in [-0.25, -0.2) is 4.79 Å². The number of hydrogen-bond donors (Lipinski definition) is 2. The van der Waals surface area contributed by atoms with E-state index in [0.29, 0.717) is 18.4 Å². The molecule has 3 aliphatic carbocycles. The standard InChI is InChI=1S/C18H25NO4.C6H4/c1-12(20)13-8-6-7-9-14(13)18(10-17(5,22)11-18)19-15(21)23-16(2,3)4;1-2-6-4-3-5(1)6/h6-9,22H,10-11H2,1-5H3,(H,19,21);1-4H. The Morgan fingerprint density at radius 1 is 1.00 bits per heavy atom. The minimum Gasteiger partial charge on any atom is -0.444 e. The lowest BCUT2D eigenvalue weighted by Gasteiger charge is -2.52. The number of aliphatic hydroxyl groups is 1. The predicted octanol–water partition coefficient (Wildman–Crippen LogP) is 4.82. The van der Waals surface area contributed by atoms with Crippen molar-refractivity contribution in [2.45, 2.75) is 64.2 Å². The molecule has 3 aliphatic rings. The van der Waals surface area contributed by atoms with Crippen molar-refractivity contribution in [1.29, 1.82) is 0 Å². The Morgan fingerprint density at radius 2 is 1.52 bits per heavy atom. The minimum atomic E-state index is -0.876. The number of amides is 1. The number of ether oxygens (including phenoxy) is 1. The largest absolute Gasteiger partial charge is 0.444 e. The van der Waals surface area contributed by atoms with Crippen LogP contribution in [0.25, 0.3) is 11.1 Å². The third-order valence-electron chi connectivity index (χ3n) is 5.15. The van der Waals surface area contributed by atoms with Gasteiger partial charge < -0.3 is 15.2 Å². The number of hydrogen-bond acceptors (Lipinski definition) is 4. The van der Waals surface area contributed by atoms with E-state index in [1.54, 1.807) is 39.8 Å². The molecule has 2 N–H and O–H groups in total. The van der Waals surface area contributed by atoms with Crippen LogP contribution in [0.3, 0.4) is 0 Å². The molecule has 154 valence electrons. The van der Waals surface area contributed by atoms with E-state index in [9.17, 15) is 14.7 Å². The Balaban J connectivity index is 0.000000334. The fourth-order valence-corrected chi connectivity index (χ4v) is 3.96. The highest BCUT2D eigenvalue weighted by Crippen LogP contribution is 2.49. The summed E-state index contributed by atoms with van der Waals surface area (Å²) in [6, 6.07) is 15.7. The maximum absolute atomic E-state index is 12.2. The number of alkyl carbamates (subject to hydrolysis) is 1. The zero-order valence-corrected chi connectivity index (χ0v) is 17.7. The van der Waals surface area contributed by atoms with Gasteiger partial charge in [0.25, 0.3) is 0 Å². The lowest BCUT2D eigenvalue weighted by Crippen LogP contribution is -2.62. The van der Waals surface area contributed by atoms with E-state index in [1.165, 1.54) is 18.1 Å². The fraction of sp³-hybridized carbons (Fsp3) is 0.417. The number of fused-ring (bicyclic) bond motifs is 1. The van der Waals surface area contributed by atoms with Crippen molar-refractivity contribution >= 4 is 11.9 Å². The fourth-order valence-electron chi connectivity index (χ4n) is 3.96. The smallest absolute Gasteiger partial charge is 0.408 e. The van der Waals surface area contributed by atoms with Crippen molar-refractivity contribution in [3.8, 4) is 11.1 Å². The molecule has 0 aliphatic heterocycles. The molecule has 0 unspecified atom stereocenters. The van der Waals surface area contributed by atoms with Crippen molar-refractivity contribution in [1.82, 2.24) is 5.32 Å². The van der Waals surface area contributed by atoms with Crippen LogP contribution in [0, 0.1) is 0 Å². The second kappa shape index (κ2) is 7.30. The second-order valence-electron chi connectivity index (χ2n) is 9.24. The van der Waals surface area contributed by atoms with E-state index < -0.39 is 22.8 Å². The highest BCUT2D eigenvalue weighted by Gasteiger charge is 2.54. The molecule has 5 heteroatoms. The molecule has 0 saturated heterocycles. The molecule has 1 saturated carbocycles. The maximum atomic E-state index is 12.2. The molecule has 1 aromatic rings. The van der Waals surface area contributed by atoms with Crippen LogP contribution in [0.2, 0.25) is 0 Å². The first-order valence-electron chi connectivity index (χ1n) is 9.85. The van der Waals surface area contributed by atoms with Crippen LogP contribution in [0.5, 0.6) is 0 Å². The van der Waals surface area contributed by atoms with Crippen molar-refractivity contribution in [2.75, 3.05) is 0 Å². The SMILES string of the molecule is CC(=O)c1ccccc1C1(NC(=O)OC(C)(C)C)CC(C)(O)C1.c1cc2ccc1-2. The molecule has 0 radical (unpaired) electrons. The molecule has 29 heavy (non-hydrogen) atoms. The first-order valence-corrected chi connectivity index (χ1v) is 9.85. The van der Waals surface area contributed by atoms with Gasteiger partial charge in [-0.2, -0.15) is 0 Å². The van der Waals surface area contributed by atoms with Gasteiger partial charge in [-0.15, -0.1) is 0 Å². The van der Waals surface area contributed by atoms with Crippen LogP contribution in [0.1, 0.15) is 63.4 Å². The van der Waals surface area contributed by atoms with Crippen LogP contribution in [0.4, 0.5) is 4.79 Å². The molecule has 0 bridgehead atoms. The van der Waals surface area contributed by atoms with E-state index in [4.69, 9.17) is 4.74 Å². The highest BCUT2D eigenvalue weighted by molar-refractivity contribution is 5.96. The average molecular weight is 395 g/mol. The highest BCUT2D eigenvalue weighted by atomic mass is 16.6. The molecular formula is C24H29NO4. The quantitative estimate of drug-likeness (QED) is 0.624. The molecular weight excluding hydrogens is 366 g/mol. The zero-order chi connectivity index (χ0) is 21.4. The van der Waals surface area contributed by atoms with Gasteiger partial charge in [0.15, 0.2) is 5.78 Å². The van der Waals surface area contributed by atoms with Gasteiger partial charge in [-0.05, 0) is 51.3 Å². The molecule has 4 rings (SSSR count). The maximum Gasteiger partial charge on any atom is 0.408 e. The van der Waals surface area contributed by atoms with Gasteiger partial charge in [0.1, 0.15) is 5.60 Å². The van der Waals surface area contributed by atoms with Gasteiger partial charge in [-0.3, -0.25) is 4.79 Å². The first-order chi connectivity index (χ1) is 13.4. The zero-order valence-electron chi connectivity index (χ0n) is 17.7. The minimum absolute atomic E-state index is 0.0718. The van der Waals surface area contributed by atoms with E-state index >= 15 is 0 Å². The van der Waals surface area contributed by atoms with E-state index in [1.807, 2.05) is 12.1 Å². The molecule has 1 amide bonds. The number of benzene rings is 2. The van der Waals surface area contributed by atoms with Crippen LogP contribution >= 0.6 is 0 Å². The first kappa shape index (κ1) is 21.1. The summed E-state index contributed by atoms with van der Waals surface area (Å²) in [6.45, 7) is 8.59. The van der Waals surface area contributed by atoms with E-state index in [0.717, 1.165) is 5.56 Å². The topological polar surface area (TPSA) is 75.6 Å². The molecule has 0 aromatic heterocycles. The van der Waals surface area contributed by atoms with Crippen molar-refractivity contribution in [3.05, 3.63) is 59.7 Å². The molecule has 1 fully saturated rings. The van der Waals surface area contributed by atoms with Crippen molar-refractivity contribution in [2.24, 2.45) is 0 Å². The number of Topliss-reactive ketones (excluding diaryl/α,β-unsaturated/α-hetero) is 1. The van der Waals surface area contributed by atoms with Gasteiger partial charge in [0.2, 0.25) is 0 Å². The number of nitrogens with one attached hydrogen (secondary N) is 1. The Hall–Kier alpha value is -2.66. The summed E-state index contributed by atoms with van der Waals surface area (Å²) in [5.41, 5.74) is 1.86. The lowest BCUT2D eigenvalue weighted by atomic mass is 9.61. The number of carbonyl (C=O) groups excluding carboxylic acids is 2. The van der Waals surface area contributed by atoms with Gasteiger partial charge in [0.05, 0.1) is 11.1 Å². The van der Waals surface area contributed by atoms with Crippen LogP contribution in [-0.2, 0) is 10.3 Å². The molecule has 5 nitrogen and oxygen atoms in total. The normalized spacial score (nSPS) is 23.8. The summed E-state index contributed by atoms with van der Waals surface area (Å²) < 4.78 is 5.34. The van der Waals surface area contributed by atoms with E-state index in [2.05, 4.69) is 29.6 Å². The van der Waals surface area contributed by atoms with Crippen LogP contribution in [0.15, 0.2) is 48.5 Å². The Kier molecular flexibility index (Phi) is 5.30. The van der Waals surface area contributed by atoms with Crippen LogP contribution < -0.4 is 5.32 Å². The lowest BCUT2D eigenvalue weighted by molar-refractivity contribution is -0.0893. The van der Waals surface area contributed by atoms with Crippen molar-refractivity contribution in [3.63, 3.8) is 0 Å². The molecule has 0 atom stereocenters. The Bertz CT molecular complexity index is 894. The summed E-state index contributed by atoms with van der Waals surface area (Å²) in [4.78, 5) is 24.2. The second-order valence-corrected chi connectivity index (χ2v) is 9.24. The Morgan fingerprint density at radius 3 is 1.90 bits per heavy atom. The van der Waals surface area contributed by atoms with Crippen molar-refractivity contribution < 1.29 is 19.4 Å². The summed E-state index contributed by atoms with van der Waals surface area (Å²) in [5.74, 6) is -0.0718. The predicted molar refractivity (Wildman–Crippen MR) is 113 cm³/mol. The van der Waals surface area contributed by atoms with Crippen LogP contribution in [-0.4, -0.2) is 28.2 Å². The molecule has 0 heterocycles. The van der Waals surface area contributed by atoms with Gasteiger partial charge >= 0.3 is 6.09 Å². The summed E-state index contributed by atoms with van der Waals surface area (Å²) >= 11 is 0. The summed E-state index contributed by atoms with van der Waals surface area (Å²) in [5, 5.41) is 13.1. The third-order valence-corrected chi connectivity index (χ3v) is 5.15. The third kappa shape index (κ3) is 4.67.